The predicted molar refractivity (Wildman–Crippen MR) is 97.4 cm³/mol. The van der Waals surface area contributed by atoms with Gasteiger partial charge >= 0.3 is 0 Å². The zero-order valence-corrected chi connectivity index (χ0v) is 15.1. The number of pyridine rings is 1. The molecule has 1 aliphatic heterocycles. The number of ether oxygens (including phenoxy) is 1. The van der Waals surface area contributed by atoms with Crippen LogP contribution >= 0.6 is 11.6 Å². The molecule has 2 heterocycles. The van der Waals surface area contributed by atoms with Crippen LogP contribution in [0.3, 0.4) is 0 Å². The van der Waals surface area contributed by atoms with Crippen molar-refractivity contribution in [2.45, 2.75) is 25.9 Å². The zero-order chi connectivity index (χ0) is 18.0. The van der Waals surface area contributed by atoms with Crippen LogP contribution in [0.15, 0.2) is 41.2 Å². The summed E-state index contributed by atoms with van der Waals surface area (Å²) in [5.74, 6) is 0.546. The van der Waals surface area contributed by atoms with Gasteiger partial charge in [0.25, 0.3) is 11.5 Å². The molecule has 1 aromatic carbocycles. The van der Waals surface area contributed by atoms with Gasteiger partial charge in [-0.1, -0.05) is 23.7 Å². The van der Waals surface area contributed by atoms with Gasteiger partial charge in [-0.2, -0.15) is 0 Å². The summed E-state index contributed by atoms with van der Waals surface area (Å²) in [6, 6.07) is 10.5. The number of carbonyl (C=O) groups excluding carboxylic acids is 1. The Labute approximate surface area is 151 Å². The van der Waals surface area contributed by atoms with Gasteiger partial charge in [0, 0.05) is 44.7 Å². The average molecular weight is 361 g/mol. The maximum Gasteiger partial charge on any atom is 0.255 e. The molecule has 0 radical (unpaired) electrons. The molecule has 3 rings (SSSR count). The zero-order valence-electron chi connectivity index (χ0n) is 14.4. The Bertz CT molecular complexity index is 839. The highest BCUT2D eigenvalue weighted by Crippen LogP contribution is 2.22. The van der Waals surface area contributed by atoms with Crippen LogP contribution in [-0.4, -0.2) is 34.6 Å². The summed E-state index contributed by atoms with van der Waals surface area (Å²) in [4.78, 5) is 26.2. The van der Waals surface area contributed by atoms with Crippen LogP contribution < -0.4 is 10.3 Å². The van der Waals surface area contributed by atoms with Crippen molar-refractivity contribution in [3.63, 3.8) is 0 Å². The monoisotopic (exact) mass is 360 g/mol. The fourth-order valence-electron chi connectivity index (χ4n) is 2.98. The number of benzene rings is 1. The standard InChI is InChI=1S/C19H21ClN2O3/c1-13-11-15(12-18(23)21(13)2)25-14-7-9-22(10-8-14)19(24)16-5-3-4-6-17(16)20/h3-6,11-12,14H,7-10H2,1-2H3. The van der Waals surface area contributed by atoms with Crippen molar-refractivity contribution in [2.75, 3.05) is 13.1 Å². The molecular weight excluding hydrogens is 340 g/mol. The van der Waals surface area contributed by atoms with E-state index in [0.717, 1.165) is 18.5 Å². The van der Waals surface area contributed by atoms with Crippen molar-refractivity contribution in [2.24, 2.45) is 7.05 Å². The third kappa shape index (κ3) is 3.87. The summed E-state index contributed by atoms with van der Waals surface area (Å²) in [6.45, 7) is 3.09. The number of hydrogen-bond donors (Lipinski definition) is 0. The van der Waals surface area contributed by atoms with Gasteiger partial charge in [-0.3, -0.25) is 9.59 Å². The average Bonchev–Trinajstić information content (AvgIpc) is 2.60. The minimum Gasteiger partial charge on any atom is -0.490 e. The molecule has 0 saturated carbocycles. The summed E-state index contributed by atoms with van der Waals surface area (Å²) in [5, 5.41) is 0.474. The fraction of sp³-hybridized carbons (Fsp3) is 0.368. The van der Waals surface area contributed by atoms with E-state index in [1.807, 2.05) is 25.1 Å². The van der Waals surface area contributed by atoms with Crippen molar-refractivity contribution in [1.29, 1.82) is 0 Å². The van der Waals surface area contributed by atoms with Gasteiger partial charge in [0.1, 0.15) is 11.9 Å². The quantitative estimate of drug-likeness (QED) is 0.845. The Morgan fingerprint density at radius 2 is 1.88 bits per heavy atom. The summed E-state index contributed by atoms with van der Waals surface area (Å²) in [5.41, 5.74) is 1.31. The molecule has 1 saturated heterocycles. The van der Waals surface area contributed by atoms with Crippen molar-refractivity contribution in [1.82, 2.24) is 9.47 Å². The van der Waals surface area contributed by atoms with Gasteiger partial charge < -0.3 is 14.2 Å². The molecule has 1 aromatic heterocycles. The SMILES string of the molecule is Cc1cc(OC2CCN(C(=O)c3ccccc3Cl)CC2)cc(=O)n1C. The number of likely N-dealkylation sites (tertiary alicyclic amines) is 1. The highest BCUT2D eigenvalue weighted by Gasteiger charge is 2.25. The van der Waals surface area contributed by atoms with E-state index in [0.29, 0.717) is 29.4 Å². The van der Waals surface area contributed by atoms with Gasteiger partial charge in [-0.05, 0) is 25.1 Å². The normalized spacial score (nSPS) is 15.2. The first-order valence-corrected chi connectivity index (χ1v) is 8.71. The molecular formula is C19H21ClN2O3. The lowest BCUT2D eigenvalue weighted by Gasteiger charge is -2.32. The van der Waals surface area contributed by atoms with Crippen molar-refractivity contribution >= 4 is 17.5 Å². The number of hydrogen-bond acceptors (Lipinski definition) is 3. The highest BCUT2D eigenvalue weighted by atomic mass is 35.5. The van der Waals surface area contributed by atoms with Gasteiger partial charge in [0.2, 0.25) is 0 Å². The summed E-state index contributed by atoms with van der Waals surface area (Å²) in [6.07, 6.45) is 1.45. The first kappa shape index (κ1) is 17.5. The van der Waals surface area contributed by atoms with E-state index < -0.39 is 0 Å². The fourth-order valence-corrected chi connectivity index (χ4v) is 3.20. The largest absolute Gasteiger partial charge is 0.490 e. The van der Waals surface area contributed by atoms with Crippen LogP contribution in [0.25, 0.3) is 0 Å². The number of aryl methyl sites for hydroxylation is 1. The summed E-state index contributed by atoms with van der Waals surface area (Å²) < 4.78 is 7.53. The number of halogens is 1. The van der Waals surface area contributed by atoms with Crippen molar-refractivity contribution in [3.8, 4) is 5.75 Å². The molecule has 2 aromatic rings. The van der Waals surface area contributed by atoms with Gasteiger partial charge in [0.15, 0.2) is 0 Å². The number of aromatic nitrogens is 1. The number of piperidine rings is 1. The lowest BCUT2D eigenvalue weighted by atomic mass is 10.1. The van der Waals surface area contributed by atoms with E-state index in [1.54, 1.807) is 28.6 Å². The maximum absolute atomic E-state index is 12.6. The maximum atomic E-state index is 12.6. The van der Waals surface area contributed by atoms with E-state index in [9.17, 15) is 9.59 Å². The van der Waals surface area contributed by atoms with Gasteiger partial charge in [-0.15, -0.1) is 0 Å². The topological polar surface area (TPSA) is 51.5 Å². The van der Waals surface area contributed by atoms with E-state index in [2.05, 4.69) is 0 Å². The van der Waals surface area contributed by atoms with Crippen LogP contribution in [0.2, 0.25) is 5.02 Å². The molecule has 25 heavy (non-hydrogen) atoms. The molecule has 6 heteroatoms. The van der Waals surface area contributed by atoms with Crippen LogP contribution in [0, 0.1) is 6.92 Å². The molecule has 5 nitrogen and oxygen atoms in total. The first-order valence-electron chi connectivity index (χ1n) is 8.34. The molecule has 0 aliphatic carbocycles. The third-order valence-corrected chi connectivity index (χ3v) is 4.94. The second kappa shape index (κ2) is 7.31. The van der Waals surface area contributed by atoms with Crippen molar-refractivity contribution < 1.29 is 9.53 Å². The number of carbonyl (C=O) groups is 1. The lowest BCUT2D eigenvalue weighted by Crippen LogP contribution is -2.42. The van der Waals surface area contributed by atoms with Crippen LogP contribution in [0.5, 0.6) is 5.75 Å². The van der Waals surface area contributed by atoms with Gasteiger partial charge in [-0.25, -0.2) is 0 Å². The number of nitrogens with zero attached hydrogens (tertiary/aromatic N) is 2. The summed E-state index contributed by atoms with van der Waals surface area (Å²) in [7, 11) is 1.74. The Hall–Kier alpha value is -2.27. The minimum atomic E-state index is -0.0821. The van der Waals surface area contributed by atoms with E-state index >= 15 is 0 Å². The Balaban J connectivity index is 1.62. The Morgan fingerprint density at radius 1 is 1.20 bits per heavy atom. The molecule has 0 N–H and O–H groups in total. The predicted octanol–water partition coefficient (Wildman–Crippen LogP) is 3.03. The Kier molecular flexibility index (Phi) is 5.13. The molecule has 0 unspecified atom stereocenters. The molecule has 1 aliphatic rings. The Morgan fingerprint density at radius 3 is 2.52 bits per heavy atom. The summed E-state index contributed by atoms with van der Waals surface area (Å²) >= 11 is 6.11. The van der Waals surface area contributed by atoms with E-state index in [4.69, 9.17) is 16.3 Å². The van der Waals surface area contributed by atoms with Crippen LogP contribution in [0.1, 0.15) is 28.9 Å². The molecule has 0 bridgehead atoms. The van der Waals surface area contributed by atoms with E-state index in [1.165, 1.54) is 6.07 Å². The molecule has 1 fully saturated rings. The second-order valence-corrected chi connectivity index (χ2v) is 6.73. The third-order valence-electron chi connectivity index (χ3n) is 4.61. The molecule has 1 amide bonds. The number of amides is 1. The smallest absolute Gasteiger partial charge is 0.255 e. The van der Waals surface area contributed by atoms with Crippen LogP contribution in [0.4, 0.5) is 0 Å². The molecule has 0 spiro atoms. The lowest BCUT2D eigenvalue weighted by molar-refractivity contribution is 0.0595. The van der Waals surface area contributed by atoms with E-state index in [-0.39, 0.29) is 17.6 Å². The second-order valence-electron chi connectivity index (χ2n) is 6.32. The van der Waals surface area contributed by atoms with Crippen LogP contribution in [-0.2, 0) is 7.05 Å². The molecule has 0 atom stereocenters. The van der Waals surface area contributed by atoms with Crippen molar-refractivity contribution in [3.05, 3.63) is 63.0 Å². The van der Waals surface area contributed by atoms with Gasteiger partial charge in [0.05, 0.1) is 10.6 Å². The molecule has 132 valence electrons. The first-order chi connectivity index (χ1) is 12.0. The minimum absolute atomic E-state index is 0.00167. The number of rotatable bonds is 3. The highest BCUT2D eigenvalue weighted by molar-refractivity contribution is 6.33.